The minimum Gasteiger partial charge on any atom is -0.394 e. The summed E-state index contributed by atoms with van der Waals surface area (Å²) in [6, 6.07) is 2.43. The van der Waals surface area contributed by atoms with Gasteiger partial charge in [0.1, 0.15) is 0 Å². The topological polar surface area (TPSA) is 18.5 Å². The van der Waals surface area contributed by atoms with Gasteiger partial charge < -0.3 is 8.85 Å². The van der Waals surface area contributed by atoms with Crippen LogP contribution in [0.2, 0.25) is 12.1 Å². The van der Waals surface area contributed by atoms with Gasteiger partial charge in [0.25, 0.3) is 0 Å². The predicted octanol–water partition coefficient (Wildman–Crippen LogP) is 15.0. The molecule has 2 nitrogen and oxygen atoms in total. The third-order valence-corrected chi connectivity index (χ3v) is 13.5. The highest BCUT2D eigenvalue weighted by Gasteiger charge is 2.35. The van der Waals surface area contributed by atoms with Crippen molar-refractivity contribution in [3.8, 4) is 0 Å². The molecule has 0 saturated carbocycles. The fourth-order valence-electron chi connectivity index (χ4n) is 6.87. The van der Waals surface area contributed by atoms with Gasteiger partial charge >= 0.3 is 8.56 Å². The van der Waals surface area contributed by atoms with Crippen LogP contribution in [0.1, 0.15) is 233 Å². The van der Waals surface area contributed by atoms with E-state index >= 15 is 0 Å². The van der Waals surface area contributed by atoms with Crippen molar-refractivity contribution >= 4 is 8.56 Å². The van der Waals surface area contributed by atoms with Crippen molar-refractivity contribution in [3.63, 3.8) is 0 Å². The number of hydrogen-bond acceptors (Lipinski definition) is 2. The Morgan fingerprint density at radius 1 is 0.256 bits per heavy atom. The number of rotatable bonds is 38. The molecule has 0 unspecified atom stereocenters. The van der Waals surface area contributed by atoms with Crippen molar-refractivity contribution in [3.05, 3.63) is 0 Å². The molecule has 0 amide bonds. The van der Waals surface area contributed by atoms with E-state index in [0.29, 0.717) is 0 Å². The van der Waals surface area contributed by atoms with E-state index in [1.807, 2.05) is 0 Å². The van der Waals surface area contributed by atoms with Gasteiger partial charge in [0.15, 0.2) is 0 Å². The lowest BCUT2D eigenvalue weighted by molar-refractivity contribution is 0.180. The Labute approximate surface area is 275 Å². The molecule has 0 aromatic carbocycles. The first-order chi connectivity index (χ1) is 21.2. The summed E-state index contributed by atoms with van der Waals surface area (Å²) >= 11 is 0. The molecule has 0 bridgehead atoms. The zero-order valence-corrected chi connectivity index (χ0v) is 31.8. The summed E-state index contributed by atoms with van der Waals surface area (Å²) in [7, 11) is -2.01. The molecule has 0 atom stereocenters. The minimum absolute atomic E-state index is 0.823. The molecule has 0 fully saturated rings. The zero-order valence-electron chi connectivity index (χ0n) is 30.8. The predicted molar refractivity (Wildman–Crippen MR) is 198 cm³/mol. The molecule has 0 rings (SSSR count). The second-order valence-electron chi connectivity index (χ2n) is 13.9. The van der Waals surface area contributed by atoms with Crippen molar-refractivity contribution in [1.82, 2.24) is 0 Å². The summed E-state index contributed by atoms with van der Waals surface area (Å²) in [4.78, 5) is 0. The standard InChI is InChI=1S/C40H84O2Si/c1-5-9-11-13-15-17-19-21-23-24-25-26-28-30-32-34-36-38-40-43(41-7-3,42-8-4)39-37-35-33-31-29-27-22-20-18-16-14-12-10-6-2/h5-40H2,1-4H3. The Kier molecular flexibility index (Phi) is 36.7. The Bertz CT molecular complexity index is 491. The number of unbranched alkanes of at least 4 members (excludes halogenated alkanes) is 30. The monoisotopic (exact) mass is 625 g/mol. The molecule has 0 heterocycles. The Balaban J connectivity index is 3.71. The van der Waals surface area contributed by atoms with Crippen molar-refractivity contribution in [1.29, 1.82) is 0 Å². The van der Waals surface area contributed by atoms with Crippen LogP contribution in [-0.4, -0.2) is 21.8 Å². The van der Waals surface area contributed by atoms with E-state index in [2.05, 4.69) is 27.7 Å². The first kappa shape index (κ1) is 43.1. The SMILES string of the molecule is CCCCCCCCCCCCCCCCCCCC[Si](CCCCCCCCCCCCCCCC)(OCC)OCC. The Hall–Kier alpha value is 0.137. The normalized spacial score (nSPS) is 12.0. The van der Waals surface area contributed by atoms with Crippen molar-refractivity contribution in [2.75, 3.05) is 13.2 Å². The second-order valence-corrected chi connectivity index (χ2v) is 17.3. The van der Waals surface area contributed by atoms with Crippen LogP contribution < -0.4 is 0 Å². The lowest BCUT2D eigenvalue weighted by atomic mass is 10.0. The first-order valence-corrected chi connectivity index (χ1v) is 22.8. The van der Waals surface area contributed by atoms with E-state index in [1.165, 1.54) is 218 Å². The molecule has 0 saturated heterocycles. The van der Waals surface area contributed by atoms with E-state index in [0.717, 1.165) is 13.2 Å². The number of hydrogen-bond donors (Lipinski definition) is 0. The van der Waals surface area contributed by atoms with E-state index in [4.69, 9.17) is 8.85 Å². The van der Waals surface area contributed by atoms with Crippen LogP contribution in [0.15, 0.2) is 0 Å². The maximum atomic E-state index is 6.43. The molecule has 0 aliphatic rings. The highest BCUT2D eigenvalue weighted by atomic mass is 28.4. The molecular weight excluding hydrogens is 541 g/mol. The molecule has 43 heavy (non-hydrogen) atoms. The van der Waals surface area contributed by atoms with Crippen molar-refractivity contribution in [2.24, 2.45) is 0 Å². The van der Waals surface area contributed by atoms with Crippen molar-refractivity contribution in [2.45, 2.75) is 245 Å². The largest absolute Gasteiger partial charge is 0.394 e. The zero-order chi connectivity index (χ0) is 31.4. The minimum atomic E-state index is -2.01. The van der Waals surface area contributed by atoms with Gasteiger partial charge in [0, 0.05) is 13.2 Å². The van der Waals surface area contributed by atoms with Crippen LogP contribution in [0.4, 0.5) is 0 Å². The Morgan fingerprint density at radius 2 is 0.442 bits per heavy atom. The molecule has 0 aliphatic carbocycles. The fourth-order valence-corrected chi connectivity index (χ4v) is 10.4. The van der Waals surface area contributed by atoms with Gasteiger partial charge in [-0.25, -0.2) is 0 Å². The van der Waals surface area contributed by atoms with Gasteiger partial charge in [-0.2, -0.15) is 0 Å². The van der Waals surface area contributed by atoms with Crippen LogP contribution in [0.3, 0.4) is 0 Å². The Morgan fingerprint density at radius 3 is 0.628 bits per heavy atom. The summed E-state index contributed by atoms with van der Waals surface area (Å²) in [6.45, 7) is 10.6. The highest BCUT2D eigenvalue weighted by Crippen LogP contribution is 2.27. The van der Waals surface area contributed by atoms with Gasteiger partial charge in [-0.15, -0.1) is 0 Å². The van der Waals surface area contributed by atoms with Gasteiger partial charge in [0.05, 0.1) is 0 Å². The summed E-state index contributed by atoms with van der Waals surface area (Å²) in [5, 5.41) is 0. The van der Waals surface area contributed by atoms with E-state index < -0.39 is 8.56 Å². The summed E-state index contributed by atoms with van der Waals surface area (Å²) in [5.74, 6) is 0. The molecule has 0 aromatic heterocycles. The summed E-state index contributed by atoms with van der Waals surface area (Å²) in [6.07, 6.45) is 45.8. The van der Waals surface area contributed by atoms with Gasteiger partial charge in [0.2, 0.25) is 0 Å². The van der Waals surface area contributed by atoms with Crippen LogP contribution in [-0.2, 0) is 8.85 Å². The maximum absolute atomic E-state index is 6.43. The fraction of sp³-hybridized carbons (Fsp3) is 1.00. The van der Waals surface area contributed by atoms with Crippen LogP contribution in [0, 0.1) is 0 Å². The molecule has 0 N–H and O–H groups in total. The lowest BCUT2D eigenvalue weighted by Crippen LogP contribution is -2.42. The molecule has 260 valence electrons. The van der Waals surface area contributed by atoms with Crippen LogP contribution in [0.5, 0.6) is 0 Å². The van der Waals surface area contributed by atoms with Crippen LogP contribution >= 0.6 is 0 Å². The van der Waals surface area contributed by atoms with Crippen molar-refractivity contribution < 1.29 is 8.85 Å². The average molecular weight is 625 g/mol. The quantitative estimate of drug-likeness (QED) is 0.0502. The van der Waals surface area contributed by atoms with E-state index in [9.17, 15) is 0 Å². The third kappa shape index (κ3) is 31.9. The molecule has 0 aliphatic heterocycles. The first-order valence-electron chi connectivity index (χ1n) is 20.5. The third-order valence-electron chi connectivity index (χ3n) is 9.64. The summed E-state index contributed by atoms with van der Waals surface area (Å²) < 4.78 is 12.9. The average Bonchev–Trinajstić information content (AvgIpc) is 3.01. The molecular formula is C40H84O2Si. The maximum Gasteiger partial charge on any atom is 0.338 e. The van der Waals surface area contributed by atoms with Gasteiger partial charge in [-0.3, -0.25) is 0 Å². The molecule has 0 radical (unpaired) electrons. The molecule has 3 heteroatoms. The van der Waals surface area contributed by atoms with Gasteiger partial charge in [-0.1, -0.05) is 219 Å². The smallest absolute Gasteiger partial charge is 0.338 e. The molecule has 0 spiro atoms. The van der Waals surface area contributed by atoms with E-state index in [-0.39, 0.29) is 0 Å². The van der Waals surface area contributed by atoms with E-state index in [1.54, 1.807) is 0 Å². The molecule has 0 aromatic rings. The highest BCUT2D eigenvalue weighted by molar-refractivity contribution is 6.67. The second kappa shape index (κ2) is 36.6. The lowest BCUT2D eigenvalue weighted by Gasteiger charge is -2.30. The van der Waals surface area contributed by atoms with Gasteiger partial charge in [-0.05, 0) is 25.9 Å². The summed E-state index contributed by atoms with van der Waals surface area (Å²) in [5.41, 5.74) is 0. The van der Waals surface area contributed by atoms with Crippen LogP contribution in [0.25, 0.3) is 0 Å².